The Balaban J connectivity index is 0.994. The third-order valence-corrected chi connectivity index (χ3v) is 13.8. The number of hydrogen-bond donors (Lipinski definition) is 4. The second kappa shape index (κ2) is 19.4. The van der Waals surface area contributed by atoms with Gasteiger partial charge >= 0.3 is 12.2 Å². The van der Waals surface area contributed by atoms with Crippen LogP contribution in [0, 0.1) is 23.7 Å². The molecule has 4 N–H and O–H groups in total. The van der Waals surface area contributed by atoms with Crippen molar-refractivity contribution in [2.24, 2.45) is 23.7 Å². The molecule has 4 aliphatic rings. The lowest BCUT2D eigenvalue weighted by molar-refractivity contribution is -0.136. The summed E-state index contributed by atoms with van der Waals surface area (Å²) in [5, 5.41) is 5.44. The molecule has 2 aromatic carbocycles. The van der Waals surface area contributed by atoms with E-state index < -0.39 is 24.3 Å². The van der Waals surface area contributed by atoms with Gasteiger partial charge in [-0.3, -0.25) is 9.59 Å². The molecule has 2 bridgehead atoms. The largest absolute Gasteiger partial charge is 0.453 e. The Morgan fingerprint density at radius 2 is 1.14 bits per heavy atom. The summed E-state index contributed by atoms with van der Waals surface area (Å²) in [6.45, 7) is 15.4. The average molecular weight is 895 g/mol. The number of rotatable bonds is 13. The number of hydrogen-bond acceptors (Lipinski definition) is 8. The monoisotopic (exact) mass is 894 g/mol. The van der Waals surface area contributed by atoms with E-state index in [1.807, 2.05) is 56.0 Å². The molecule has 4 heterocycles. The minimum Gasteiger partial charge on any atom is -0.453 e. The molecule has 2 unspecified atom stereocenters. The number of nitrogens with one attached hydrogen (secondary N) is 4. The van der Waals surface area contributed by atoms with Crippen LogP contribution in [-0.2, 0) is 19.1 Å². The van der Waals surface area contributed by atoms with E-state index in [1.165, 1.54) is 30.9 Å². The molecule has 2 aromatic heterocycles. The van der Waals surface area contributed by atoms with Gasteiger partial charge in [-0.15, -0.1) is 0 Å². The highest BCUT2D eigenvalue weighted by Gasteiger charge is 2.40. The highest BCUT2D eigenvalue weighted by molar-refractivity contribution is 5.89. The predicted molar refractivity (Wildman–Crippen MR) is 254 cm³/mol. The zero-order valence-corrected chi connectivity index (χ0v) is 39.0. The van der Waals surface area contributed by atoms with Crippen LogP contribution in [0.5, 0.6) is 0 Å². The Kier molecular flexibility index (Phi) is 13.5. The number of methoxy groups -OCH3 is 2. The molecule has 4 amide bonds. The lowest BCUT2D eigenvalue weighted by atomic mass is 9.83. The fourth-order valence-electron chi connectivity index (χ4n) is 10.3. The summed E-state index contributed by atoms with van der Waals surface area (Å²) in [5.41, 5.74) is 11.0. The molecule has 8 rings (SSSR count). The van der Waals surface area contributed by atoms with Crippen LogP contribution in [0.2, 0.25) is 0 Å². The molecule has 4 aromatic rings. The number of H-pyrrole nitrogens is 2. The van der Waals surface area contributed by atoms with E-state index in [4.69, 9.17) is 19.4 Å². The minimum atomic E-state index is -0.694. The van der Waals surface area contributed by atoms with Gasteiger partial charge in [-0.25, -0.2) is 19.6 Å². The van der Waals surface area contributed by atoms with Crippen LogP contribution in [0.4, 0.5) is 9.59 Å². The number of ether oxygens (including phenoxy) is 2. The van der Waals surface area contributed by atoms with Gasteiger partial charge in [0.1, 0.15) is 23.7 Å². The highest BCUT2D eigenvalue weighted by Crippen LogP contribution is 2.53. The number of imidazole rings is 2. The zero-order valence-electron chi connectivity index (χ0n) is 39.0. The Hall–Kier alpha value is -6.70. The standard InChI is InChI=1S/C52H62N8O6/c1-9-38(33-16-20-35(21-17-33)40-28-54-48(56-40)42-13-11-25-60(42)50(62)46(30(4)5)58-52(64)66-8)44-37-23-22-36(26-37)43(44)31(6)32-14-18-34(19-15-32)39-27-53-47(55-39)41-12-10-24-59(41)49(61)45(29(2)3)57-51(63)65-7/h9,14-23,27-30,36-37,41-42,45-46H,1,10-13,24-26H2,2-8H3,(H,53,55)(H,54,56)(H,57,63)(H,58,64)/b43-31+,44-38?/t36?,37?,41-,42-,45-,46-/m0/s1. The summed E-state index contributed by atoms with van der Waals surface area (Å²) in [4.78, 5) is 71.6. The SMILES string of the molecule is C=CC(=C1/C(=C(\C)c2ccc(-c3cnc([C@@H]4CCCN4C(=O)[C@@H](NC(=O)OC)C(C)C)[nH]3)cc2)C2C=CC1C2)c1ccc(-c2cnc([C@@H]3CCCN3C(=O)[C@@H](NC(=O)OC)C(C)C)[nH]2)cc1. The van der Waals surface area contributed by atoms with Gasteiger partial charge in [-0.1, -0.05) is 101 Å². The number of fused-ring (bicyclic) bond motifs is 2. The summed E-state index contributed by atoms with van der Waals surface area (Å²) >= 11 is 0. The highest BCUT2D eigenvalue weighted by atomic mass is 16.5. The second-order valence-corrected chi connectivity index (χ2v) is 18.5. The fourth-order valence-corrected chi connectivity index (χ4v) is 10.3. The zero-order chi connectivity index (χ0) is 46.8. The minimum absolute atomic E-state index is 0.109. The van der Waals surface area contributed by atoms with Crippen LogP contribution in [0.1, 0.15) is 102 Å². The van der Waals surface area contributed by atoms with Crippen LogP contribution in [0.3, 0.4) is 0 Å². The van der Waals surface area contributed by atoms with Crippen molar-refractivity contribution in [1.29, 1.82) is 0 Å². The molecule has 0 spiro atoms. The molecule has 6 atom stereocenters. The third kappa shape index (κ3) is 8.97. The Morgan fingerprint density at radius 3 is 1.56 bits per heavy atom. The van der Waals surface area contributed by atoms with Crippen LogP contribution in [-0.4, -0.2) is 93.1 Å². The first-order chi connectivity index (χ1) is 31.8. The number of likely N-dealkylation sites (tertiary alicyclic amines) is 2. The molecular formula is C52H62N8O6. The maximum Gasteiger partial charge on any atom is 0.407 e. The van der Waals surface area contributed by atoms with Crippen molar-refractivity contribution >= 4 is 35.1 Å². The van der Waals surface area contributed by atoms with Crippen molar-refractivity contribution in [2.75, 3.05) is 27.3 Å². The molecule has 66 heavy (non-hydrogen) atoms. The van der Waals surface area contributed by atoms with Crippen molar-refractivity contribution in [3.05, 3.63) is 120 Å². The second-order valence-electron chi connectivity index (χ2n) is 18.5. The van der Waals surface area contributed by atoms with Gasteiger partial charge in [0, 0.05) is 24.9 Å². The number of allylic oxidation sites excluding steroid dienone is 7. The first-order valence-electron chi connectivity index (χ1n) is 23.2. The molecule has 1 saturated carbocycles. The normalized spacial score (nSPS) is 22.4. The number of aromatic nitrogens is 4. The average Bonchev–Trinajstić information content (AvgIpc) is 4.19. The van der Waals surface area contributed by atoms with Crippen LogP contribution in [0.25, 0.3) is 33.7 Å². The molecule has 2 aliphatic heterocycles. The quantitative estimate of drug-likeness (QED) is 0.0962. The molecule has 0 radical (unpaired) electrons. The summed E-state index contributed by atoms with van der Waals surface area (Å²) < 4.78 is 9.59. The van der Waals surface area contributed by atoms with Crippen LogP contribution < -0.4 is 10.6 Å². The Bertz CT molecular complexity index is 2570. The Morgan fingerprint density at radius 1 is 0.697 bits per heavy atom. The summed E-state index contributed by atoms with van der Waals surface area (Å²) in [7, 11) is 2.59. The van der Waals surface area contributed by atoms with E-state index in [-0.39, 0.29) is 35.7 Å². The molecule has 346 valence electrons. The van der Waals surface area contributed by atoms with Crippen molar-refractivity contribution < 1.29 is 28.7 Å². The number of alkyl carbamates (subject to hydrolysis) is 2. The lowest BCUT2D eigenvalue weighted by Gasteiger charge is -2.30. The van der Waals surface area contributed by atoms with Crippen LogP contribution >= 0.6 is 0 Å². The van der Waals surface area contributed by atoms with Crippen molar-refractivity contribution in [1.82, 2.24) is 40.4 Å². The van der Waals surface area contributed by atoms with Gasteiger partial charge in [-0.05, 0) is 95.4 Å². The predicted octanol–water partition coefficient (Wildman–Crippen LogP) is 9.17. The van der Waals surface area contributed by atoms with E-state index in [0.29, 0.717) is 24.9 Å². The van der Waals surface area contributed by atoms with E-state index >= 15 is 0 Å². The van der Waals surface area contributed by atoms with Gasteiger partial charge in [-0.2, -0.15) is 0 Å². The summed E-state index contributed by atoms with van der Waals surface area (Å²) in [5.74, 6) is 1.59. The molecular weight excluding hydrogens is 833 g/mol. The molecule has 2 saturated heterocycles. The van der Waals surface area contributed by atoms with Crippen LogP contribution in [0.15, 0.2) is 96.9 Å². The number of aromatic amines is 2. The van der Waals surface area contributed by atoms with Crippen molar-refractivity contribution in [3.63, 3.8) is 0 Å². The topological polar surface area (TPSA) is 175 Å². The van der Waals surface area contributed by atoms with Crippen molar-refractivity contribution in [3.8, 4) is 22.5 Å². The maximum absolute atomic E-state index is 13.7. The fraction of sp³-hybridized carbons (Fsp3) is 0.423. The molecule has 14 nitrogen and oxygen atoms in total. The van der Waals surface area contributed by atoms with Gasteiger partial charge in [0.15, 0.2) is 0 Å². The van der Waals surface area contributed by atoms with Gasteiger partial charge in [0.25, 0.3) is 0 Å². The smallest absolute Gasteiger partial charge is 0.407 e. The number of nitrogens with zero attached hydrogens (tertiary/aromatic N) is 4. The number of amides is 4. The van der Waals surface area contributed by atoms with E-state index in [1.54, 1.807) is 0 Å². The molecule has 2 aliphatic carbocycles. The first kappa shape index (κ1) is 45.9. The first-order valence-corrected chi connectivity index (χ1v) is 23.2. The van der Waals surface area contributed by atoms with Gasteiger partial charge in [0.05, 0.1) is 50.1 Å². The van der Waals surface area contributed by atoms with Gasteiger partial charge in [0.2, 0.25) is 11.8 Å². The third-order valence-electron chi connectivity index (χ3n) is 13.8. The van der Waals surface area contributed by atoms with Crippen molar-refractivity contribution in [2.45, 2.75) is 90.9 Å². The number of carbonyl (C=O) groups is 4. The molecule has 14 heteroatoms. The summed E-state index contributed by atoms with van der Waals surface area (Å²) in [6, 6.07) is 15.3. The van der Waals surface area contributed by atoms with Gasteiger partial charge < -0.3 is 39.9 Å². The van der Waals surface area contributed by atoms with E-state index in [2.05, 4.69) is 94.8 Å². The summed E-state index contributed by atoms with van der Waals surface area (Å²) in [6.07, 6.45) is 13.4. The lowest BCUT2D eigenvalue weighted by Crippen LogP contribution is -2.51. The maximum atomic E-state index is 13.7. The number of benzene rings is 2. The molecule has 3 fully saturated rings. The Labute approximate surface area is 387 Å². The number of carbonyl (C=O) groups excluding carboxylic acids is 4. The van der Waals surface area contributed by atoms with E-state index in [9.17, 15) is 19.2 Å². The van der Waals surface area contributed by atoms with E-state index in [0.717, 1.165) is 83.0 Å².